The van der Waals surface area contributed by atoms with Crippen LogP contribution in [-0.2, 0) is 0 Å². The molecule has 0 saturated heterocycles. The Bertz CT molecular complexity index is 761. The van der Waals surface area contributed by atoms with Gasteiger partial charge < -0.3 is 19.5 Å². The molecule has 134 valence electrons. The lowest BCUT2D eigenvalue weighted by molar-refractivity contribution is 0.102. The van der Waals surface area contributed by atoms with Gasteiger partial charge in [0, 0.05) is 5.56 Å². The minimum atomic E-state index is -0.259. The van der Waals surface area contributed by atoms with Crippen molar-refractivity contribution in [2.45, 2.75) is 20.3 Å². The molecule has 0 fully saturated rings. The lowest BCUT2D eigenvalue weighted by atomic mass is 10.1. The number of carbonyl (C=O) groups is 1. The Labute approximate surface area is 156 Å². The molecule has 0 aromatic heterocycles. The number of hydrogen-bond acceptors (Lipinski definition) is 4. The summed E-state index contributed by atoms with van der Waals surface area (Å²) in [5.41, 5.74) is 2.10. The van der Waals surface area contributed by atoms with Gasteiger partial charge in [0.1, 0.15) is 5.75 Å². The van der Waals surface area contributed by atoms with Crippen LogP contribution in [0.3, 0.4) is 0 Å². The van der Waals surface area contributed by atoms with E-state index >= 15 is 0 Å². The maximum atomic E-state index is 12.7. The molecule has 0 unspecified atom stereocenters. The second-order valence-electron chi connectivity index (χ2n) is 5.50. The van der Waals surface area contributed by atoms with Crippen molar-refractivity contribution in [3.63, 3.8) is 0 Å². The first kappa shape index (κ1) is 19.1. The van der Waals surface area contributed by atoms with Gasteiger partial charge in [-0.05, 0) is 59.1 Å². The highest BCUT2D eigenvalue weighted by molar-refractivity contribution is 9.10. The van der Waals surface area contributed by atoms with Crippen LogP contribution in [0.1, 0.15) is 29.3 Å². The summed E-state index contributed by atoms with van der Waals surface area (Å²) in [5.74, 6) is 1.44. The number of anilines is 1. The molecular formula is C19H22BrNO4. The quantitative estimate of drug-likeness (QED) is 0.714. The number of methoxy groups -OCH3 is 2. The van der Waals surface area contributed by atoms with Crippen LogP contribution >= 0.6 is 15.9 Å². The highest BCUT2D eigenvalue weighted by Gasteiger charge is 2.17. The van der Waals surface area contributed by atoms with Crippen LogP contribution in [0.5, 0.6) is 17.2 Å². The van der Waals surface area contributed by atoms with Gasteiger partial charge in [0.05, 0.1) is 31.0 Å². The number of rotatable bonds is 7. The number of hydrogen-bond donors (Lipinski definition) is 1. The standard InChI is InChI=1S/C19H22BrNO4/c1-5-8-25-18-14(20)10-13(11-17(18)24-4)19(22)21-15-9-12(2)6-7-16(15)23-3/h6-7,9-11H,5,8H2,1-4H3,(H,21,22). The number of halogens is 1. The van der Waals surface area contributed by atoms with E-state index in [1.54, 1.807) is 26.4 Å². The molecule has 0 heterocycles. The summed E-state index contributed by atoms with van der Waals surface area (Å²) >= 11 is 3.45. The number of aryl methyl sites for hydroxylation is 1. The second kappa shape index (κ2) is 8.76. The van der Waals surface area contributed by atoms with Gasteiger partial charge in [-0.1, -0.05) is 13.0 Å². The first-order valence-corrected chi connectivity index (χ1v) is 8.75. The first-order valence-electron chi connectivity index (χ1n) is 7.96. The summed E-state index contributed by atoms with van der Waals surface area (Å²) in [7, 11) is 3.12. The summed E-state index contributed by atoms with van der Waals surface area (Å²) < 4.78 is 17.0. The number of benzene rings is 2. The summed E-state index contributed by atoms with van der Waals surface area (Å²) in [6.45, 7) is 4.55. The Morgan fingerprint density at radius 1 is 1.12 bits per heavy atom. The largest absolute Gasteiger partial charge is 0.495 e. The highest BCUT2D eigenvalue weighted by Crippen LogP contribution is 2.37. The Hall–Kier alpha value is -2.21. The molecule has 2 aromatic rings. The van der Waals surface area contributed by atoms with E-state index in [0.717, 1.165) is 12.0 Å². The summed E-state index contributed by atoms with van der Waals surface area (Å²) in [4.78, 5) is 12.7. The number of carbonyl (C=O) groups excluding carboxylic acids is 1. The third-order valence-electron chi connectivity index (χ3n) is 3.55. The number of amides is 1. The van der Waals surface area contributed by atoms with Crippen LogP contribution in [0.25, 0.3) is 0 Å². The summed E-state index contributed by atoms with van der Waals surface area (Å²) in [6.07, 6.45) is 0.880. The molecule has 1 amide bonds. The minimum absolute atomic E-state index is 0.259. The third-order valence-corrected chi connectivity index (χ3v) is 4.13. The maximum absolute atomic E-state index is 12.7. The molecule has 0 atom stereocenters. The van der Waals surface area contributed by atoms with E-state index in [1.165, 1.54) is 0 Å². The topological polar surface area (TPSA) is 56.8 Å². The predicted molar refractivity (Wildman–Crippen MR) is 102 cm³/mol. The van der Waals surface area contributed by atoms with Gasteiger partial charge in [0.15, 0.2) is 11.5 Å². The molecule has 6 heteroatoms. The fourth-order valence-electron chi connectivity index (χ4n) is 2.31. The molecular weight excluding hydrogens is 386 g/mol. The molecule has 1 N–H and O–H groups in total. The minimum Gasteiger partial charge on any atom is -0.495 e. The normalized spacial score (nSPS) is 10.3. The average molecular weight is 408 g/mol. The monoisotopic (exact) mass is 407 g/mol. The molecule has 0 aliphatic rings. The van der Waals surface area contributed by atoms with Gasteiger partial charge in [0.2, 0.25) is 0 Å². The zero-order chi connectivity index (χ0) is 18.4. The van der Waals surface area contributed by atoms with E-state index < -0.39 is 0 Å². The van der Waals surface area contributed by atoms with E-state index in [2.05, 4.69) is 21.2 Å². The predicted octanol–water partition coefficient (Wildman–Crippen LogP) is 4.82. The van der Waals surface area contributed by atoms with Crippen LogP contribution in [0.4, 0.5) is 5.69 Å². The molecule has 5 nitrogen and oxygen atoms in total. The van der Waals surface area contributed by atoms with Gasteiger partial charge in [-0.25, -0.2) is 0 Å². The Morgan fingerprint density at radius 2 is 1.84 bits per heavy atom. The van der Waals surface area contributed by atoms with Crippen molar-refractivity contribution in [2.75, 3.05) is 26.1 Å². The van der Waals surface area contributed by atoms with Gasteiger partial charge in [-0.15, -0.1) is 0 Å². The lowest BCUT2D eigenvalue weighted by Crippen LogP contribution is -2.13. The maximum Gasteiger partial charge on any atom is 0.255 e. The van der Waals surface area contributed by atoms with Gasteiger partial charge in [0.25, 0.3) is 5.91 Å². The Morgan fingerprint density at radius 3 is 2.48 bits per heavy atom. The third kappa shape index (κ3) is 4.66. The van der Waals surface area contributed by atoms with E-state index in [-0.39, 0.29) is 5.91 Å². The molecule has 25 heavy (non-hydrogen) atoms. The first-order chi connectivity index (χ1) is 12.0. The summed E-state index contributed by atoms with van der Waals surface area (Å²) in [6, 6.07) is 8.98. The lowest BCUT2D eigenvalue weighted by Gasteiger charge is -2.15. The van der Waals surface area contributed by atoms with E-state index in [9.17, 15) is 4.79 Å². The Kier molecular flexibility index (Phi) is 6.70. The van der Waals surface area contributed by atoms with Crippen molar-refractivity contribution in [3.8, 4) is 17.2 Å². The number of nitrogens with one attached hydrogen (secondary N) is 1. The van der Waals surface area contributed by atoms with E-state index in [0.29, 0.717) is 39.6 Å². The molecule has 0 radical (unpaired) electrons. The second-order valence-corrected chi connectivity index (χ2v) is 6.35. The fourth-order valence-corrected chi connectivity index (χ4v) is 2.87. The van der Waals surface area contributed by atoms with Crippen LogP contribution in [-0.4, -0.2) is 26.7 Å². The zero-order valence-corrected chi connectivity index (χ0v) is 16.4. The van der Waals surface area contributed by atoms with Crippen LogP contribution in [0.2, 0.25) is 0 Å². The molecule has 0 spiro atoms. The molecule has 0 aliphatic carbocycles. The smallest absolute Gasteiger partial charge is 0.255 e. The van der Waals surface area contributed by atoms with Crippen molar-refractivity contribution < 1.29 is 19.0 Å². The van der Waals surface area contributed by atoms with Crippen molar-refractivity contribution in [3.05, 3.63) is 45.9 Å². The van der Waals surface area contributed by atoms with Crippen LogP contribution < -0.4 is 19.5 Å². The number of ether oxygens (including phenoxy) is 3. The van der Waals surface area contributed by atoms with Crippen molar-refractivity contribution >= 4 is 27.5 Å². The molecule has 0 aliphatic heterocycles. The molecule has 2 aromatic carbocycles. The Balaban J connectivity index is 2.31. The average Bonchev–Trinajstić information content (AvgIpc) is 2.60. The molecule has 0 saturated carbocycles. The van der Waals surface area contributed by atoms with Crippen LogP contribution in [0, 0.1) is 6.92 Å². The zero-order valence-electron chi connectivity index (χ0n) is 14.8. The molecule has 2 rings (SSSR count). The van der Waals surface area contributed by atoms with Crippen molar-refractivity contribution in [1.29, 1.82) is 0 Å². The fraction of sp³-hybridized carbons (Fsp3) is 0.316. The van der Waals surface area contributed by atoms with Crippen molar-refractivity contribution in [2.24, 2.45) is 0 Å². The van der Waals surface area contributed by atoms with Gasteiger partial charge in [-0.2, -0.15) is 0 Å². The van der Waals surface area contributed by atoms with Gasteiger partial charge in [-0.3, -0.25) is 4.79 Å². The highest BCUT2D eigenvalue weighted by atomic mass is 79.9. The molecule has 0 bridgehead atoms. The van der Waals surface area contributed by atoms with E-state index in [4.69, 9.17) is 14.2 Å². The van der Waals surface area contributed by atoms with Gasteiger partial charge >= 0.3 is 0 Å². The van der Waals surface area contributed by atoms with Crippen LogP contribution in [0.15, 0.2) is 34.8 Å². The van der Waals surface area contributed by atoms with Crippen molar-refractivity contribution in [1.82, 2.24) is 0 Å². The summed E-state index contributed by atoms with van der Waals surface area (Å²) in [5, 5.41) is 2.88. The SMILES string of the molecule is CCCOc1c(Br)cc(C(=O)Nc2cc(C)ccc2OC)cc1OC. The van der Waals surface area contributed by atoms with E-state index in [1.807, 2.05) is 32.0 Å².